The molecule has 0 aromatic heterocycles. The fraction of sp³-hybridized carbons (Fsp3) is 0.478. The summed E-state index contributed by atoms with van der Waals surface area (Å²) in [5.74, 6) is 1.03. The average Bonchev–Trinajstić information content (AvgIpc) is 3.30. The van der Waals surface area contributed by atoms with Gasteiger partial charge in [0.05, 0.1) is 24.4 Å². The lowest BCUT2D eigenvalue weighted by atomic mass is 9.79. The topological polar surface area (TPSA) is 27.7 Å². The molecule has 5 heteroatoms. The van der Waals surface area contributed by atoms with Crippen LogP contribution < -0.4 is 0 Å². The van der Waals surface area contributed by atoms with Crippen molar-refractivity contribution in [3.63, 3.8) is 0 Å². The van der Waals surface area contributed by atoms with Gasteiger partial charge in [0.1, 0.15) is 0 Å². The quantitative estimate of drug-likeness (QED) is 0.581. The summed E-state index contributed by atoms with van der Waals surface area (Å²) in [7, 11) is -0.212. The molecule has 28 heavy (non-hydrogen) atoms. The molecule has 2 fully saturated rings. The second-order valence-corrected chi connectivity index (χ2v) is 9.38. The summed E-state index contributed by atoms with van der Waals surface area (Å²) in [4.78, 5) is 0. The Hall–Kier alpha value is -1.33. The monoisotopic (exact) mass is 398 g/mol. The van der Waals surface area contributed by atoms with Gasteiger partial charge in [-0.2, -0.15) is 0 Å². The van der Waals surface area contributed by atoms with Crippen LogP contribution in [0.4, 0.5) is 0 Å². The summed E-state index contributed by atoms with van der Waals surface area (Å²) in [6, 6.07) is 18.4. The number of hydrogen-bond acceptors (Lipinski definition) is 3. The molecule has 0 bridgehead atoms. The van der Waals surface area contributed by atoms with E-state index in [2.05, 4.69) is 52.0 Å². The van der Waals surface area contributed by atoms with E-state index in [9.17, 15) is 0 Å². The van der Waals surface area contributed by atoms with Crippen LogP contribution in [0.25, 0.3) is 0 Å². The lowest BCUT2D eigenvalue weighted by molar-refractivity contribution is 0.00578. The van der Waals surface area contributed by atoms with Gasteiger partial charge in [-0.05, 0) is 62.8 Å². The van der Waals surface area contributed by atoms with Gasteiger partial charge in [0.15, 0.2) is 0 Å². The lowest BCUT2D eigenvalue weighted by Gasteiger charge is -2.32. The van der Waals surface area contributed by atoms with Crippen LogP contribution in [0.1, 0.15) is 44.7 Å². The molecule has 3 atom stereocenters. The molecular formula is C23H28BClO3. The van der Waals surface area contributed by atoms with Gasteiger partial charge in [-0.25, -0.2) is 0 Å². The first kappa shape index (κ1) is 20.0. The summed E-state index contributed by atoms with van der Waals surface area (Å²) in [6.07, 6.45) is 0. The molecule has 0 N–H and O–H groups in total. The van der Waals surface area contributed by atoms with Crippen LogP contribution in [0, 0.1) is 5.92 Å². The van der Waals surface area contributed by atoms with Crippen molar-refractivity contribution in [1.82, 2.24) is 0 Å². The molecular weight excluding hydrogens is 371 g/mol. The Morgan fingerprint density at radius 3 is 2.14 bits per heavy atom. The molecule has 0 spiro atoms. The van der Waals surface area contributed by atoms with Gasteiger partial charge >= 0.3 is 7.12 Å². The Balaban J connectivity index is 1.47. The second kappa shape index (κ2) is 7.49. The maximum atomic E-state index is 6.35. The van der Waals surface area contributed by atoms with Crippen molar-refractivity contribution >= 4 is 18.7 Å². The first-order valence-electron chi connectivity index (χ1n) is 10.0. The van der Waals surface area contributed by atoms with Crippen LogP contribution in [-0.2, 0) is 20.7 Å². The van der Waals surface area contributed by atoms with Crippen molar-refractivity contribution in [2.75, 3.05) is 6.61 Å². The maximum absolute atomic E-state index is 6.35. The Bertz CT molecular complexity index is 790. The van der Waals surface area contributed by atoms with Crippen molar-refractivity contribution in [2.45, 2.75) is 57.2 Å². The van der Waals surface area contributed by atoms with E-state index >= 15 is 0 Å². The van der Waals surface area contributed by atoms with Crippen molar-refractivity contribution in [1.29, 1.82) is 0 Å². The summed E-state index contributed by atoms with van der Waals surface area (Å²) in [5, 5.41) is 0.758. The van der Waals surface area contributed by atoms with Gasteiger partial charge in [-0.1, -0.05) is 54.1 Å². The Morgan fingerprint density at radius 2 is 1.54 bits per heavy atom. The highest BCUT2D eigenvalue weighted by atomic mass is 35.5. The van der Waals surface area contributed by atoms with Gasteiger partial charge < -0.3 is 14.0 Å². The fourth-order valence-corrected chi connectivity index (χ4v) is 4.20. The molecule has 2 aromatic rings. The zero-order valence-corrected chi connectivity index (χ0v) is 17.8. The van der Waals surface area contributed by atoms with Crippen molar-refractivity contribution in [3.8, 4) is 0 Å². The van der Waals surface area contributed by atoms with Crippen molar-refractivity contribution in [3.05, 3.63) is 70.7 Å². The number of hydrogen-bond donors (Lipinski definition) is 0. The smallest absolute Gasteiger partial charge is 0.403 e. The molecule has 3 nitrogen and oxygen atoms in total. The average molecular weight is 399 g/mol. The van der Waals surface area contributed by atoms with Gasteiger partial charge in [-0.3, -0.25) is 0 Å². The molecule has 2 aromatic carbocycles. The summed E-state index contributed by atoms with van der Waals surface area (Å²) in [5.41, 5.74) is 1.83. The summed E-state index contributed by atoms with van der Waals surface area (Å²) in [6.45, 7) is 9.74. The summed E-state index contributed by atoms with van der Waals surface area (Å²) < 4.78 is 18.8. The Kier molecular flexibility index (Phi) is 5.34. The van der Waals surface area contributed by atoms with Crippen LogP contribution in [0.15, 0.2) is 54.6 Å². The first-order valence-corrected chi connectivity index (χ1v) is 10.4. The molecule has 1 saturated carbocycles. The van der Waals surface area contributed by atoms with Gasteiger partial charge in [0, 0.05) is 10.8 Å². The van der Waals surface area contributed by atoms with Gasteiger partial charge in [0.2, 0.25) is 0 Å². The van der Waals surface area contributed by atoms with E-state index in [-0.39, 0.29) is 24.1 Å². The molecule has 4 rings (SSSR count). The Morgan fingerprint density at radius 1 is 0.929 bits per heavy atom. The predicted molar refractivity (Wildman–Crippen MR) is 114 cm³/mol. The van der Waals surface area contributed by atoms with Crippen LogP contribution in [0.5, 0.6) is 0 Å². The van der Waals surface area contributed by atoms with Crippen LogP contribution >= 0.6 is 11.6 Å². The SMILES string of the molecule is CC1(C)OB([C@H]2[C@@H](COCc3ccccc3)[C@@H]2c2ccc(Cl)cc2)OC1(C)C. The lowest BCUT2D eigenvalue weighted by Crippen LogP contribution is -2.41. The molecule has 1 heterocycles. The third-order valence-corrected chi connectivity index (χ3v) is 6.74. The highest BCUT2D eigenvalue weighted by Crippen LogP contribution is 2.63. The molecule has 0 unspecified atom stereocenters. The number of benzene rings is 2. The van der Waals surface area contributed by atoms with E-state index in [0.717, 1.165) is 5.02 Å². The largest absolute Gasteiger partial charge is 0.462 e. The summed E-state index contributed by atoms with van der Waals surface area (Å²) >= 11 is 6.09. The Labute approximate surface area is 173 Å². The molecule has 0 amide bonds. The molecule has 1 aliphatic heterocycles. The standard InChI is InChI=1S/C23H28BClO3/c1-22(2)23(3,4)28-24(27-22)21-19(15-26-14-16-8-6-5-7-9-16)20(21)17-10-12-18(25)13-11-17/h5-13,19-21H,14-15H2,1-4H3/t19-,20-,21-/m0/s1. The van der Waals surface area contributed by atoms with Gasteiger partial charge in [-0.15, -0.1) is 0 Å². The zero-order chi connectivity index (χ0) is 19.9. The van der Waals surface area contributed by atoms with E-state index < -0.39 is 0 Å². The third-order valence-electron chi connectivity index (χ3n) is 6.49. The van der Waals surface area contributed by atoms with E-state index in [0.29, 0.717) is 25.0 Å². The van der Waals surface area contributed by atoms with Crippen LogP contribution in [0.3, 0.4) is 0 Å². The van der Waals surface area contributed by atoms with E-state index in [1.54, 1.807) is 0 Å². The molecule has 0 radical (unpaired) electrons. The minimum absolute atomic E-state index is 0.212. The minimum Gasteiger partial charge on any atom is -0.403 e. The number of ether oxygens (including phenoxy) is 1. The van der Waals surface area contributed by atoms with E-state index in [4.69, 9.17) is 25.6 Å². The van der Waals surface area contributed by atoms with E-state index in [1.807, 2.05) is 30.3 Å². The molecule has 1 saturated heterocycles. The highest BCUT2D eigenvalue weighted by Gasteiger charge is 2.65. The fourth-order valence-electron chi connectivity index (χ4n) is 4.07. The second-order valence-electron chi connectivity index (χ2n) is 8.94. The third kappa shape index (κ3) is 3.88. The highest BCUT2D eigenvalue weighted by molar-refractivity contribution is 6.49. The zero-order valence-electron chi connectivity index (χ0n) is 17.0. The number of rotatable bonds is 6. The van der Waals surface area contributed by atoms with E-state index in [1.165, 1.54) is 11.1 Å². The minimum atomic E-state index is -0.319. The van der Waals surface area contributed by atoms with Crippen molar-refractivity contribution in [2.24, 2.45) is 5.92 Å². The molecule has 148 valence electrons. The maximum Gasteiger partial charge on any atom is 0.462 e. The number of halogens is 1. The molecule has 1 aliphatic carbocycles. The first-order chi connectivity index (χ1) is 13.3. The van der Waals surface area contributed by atoms with Crippen molar-refractivity contribution < 1.29 is 14.0 Å². The predicted octanol–water partition coefficient (Wildman–Crippen LogP) is 5.73. The van der Waals surface area contributed by atoms with Crippen LogP contribution in [0.2, 0.25) is 10.8 Å². The van der Waals surface area contributed by atoms with Crippen LogP contribution in [-0.4, -0.2) is 24.9 Å². The normalized spacial score (nSPS) is 27.8. The van der Waals surface area contributed by atoms with Gasteiger partial charge in [0.25, 0.3) is 0 Å². The molecule has 2 aliphatic rings.